The summed E-state index contributed by atoms with van der Waals surface area (Å²) in [5, 5.41) is 4.59. The molecule has 4 nitrogen and oxygen atoms in total. The maximum atomic E-state index is 5.88. The van der Waals surface area contributed by atoms with E-state index in [2.05, 4.69) is 10.3 Å². The zero-order valence-corrected chi connectivity index (χ0v) is 11.5. The molecule has 0 saturated carbocycles. The van der Waals surface area contributed by atoms with Gasteiger partial charge in [0.25, 0.3) is 0 Å². The molecule has 0 atom stereocenters. The zero-order chi connectivity index (χ0) is 13.6. The van der Waals surface area contributed by atoms with Crippen LogP contribution in [0.2, 0.25) is 0 Å². The van der Waals surface area contributed by atoms with Crippen LogP contribution >= 0.6 is 0 Å². The second kappa shape index (κ2) is 6.68. The van der Waals surface area contributed by atoms with Crippen molar-refractivity contribution in [1.82, 2.24) is 10.3 Å². The minimum absolute atomic E-state index is 0.571. The number of hydrogen-bond acceptors (Lipinski definition) is 4. The first kappa shape index (κ1) is 13.3. The molecule has 3 rings (SSSR count). The molecular formula is C16H20N2O2. The Bertz CT molecular complexity index is 548. The Labute approximate surface area is 119 Å². The number of benzene rings is 1. The van der Waals surface area contributed by atoms with E-state index in [1.165, 1.54) is 0 Å². The van der Waals surface area contributed by atoms with Gasteiger partial charge in [-0.2, -0.15) is 0 Å². The lowest BCUT2D eigenvalue weighted by atomic mass is 10.1. The number of pyridine rings is 1. The van der Waals surface area contributed by atoms with Crippen molar-refractivity contribution in [2.24, 2.45) is 0 Å². The molecule has 1 aliphatic heterocycles. The molecule has 0 spiro atoms. The molecule has 0 aliphatic carbocycles. The highest BCUT2D eigenvalue weighted by Crippen LogP contribution is 2.23. The van der Waals surface area contributed by atoms with Gasteiger partial charge in [-0.25, -0.2) is 0 Å². The summed E-state index contributed by atoms with van der Waals surface area (Å²) in [4.78, 5) is 4.33. The summed E-state index contributed by atoms with van der Waals surface area (Å²) in [7, 11) is 0. The first-order valence-corrected chi connectivity index (χ1v) is 7.21. The van der Waals surface area contributed by atoms with Gasteiger partial charge in [-0.05, 0) is 37.1 Å². The fourth-order valence-electron chi connectivity index (χ4n) is 2.53. The van der Waals surface area contributed by atoms with Crippen LogP contribution in [-0.2, 0) is 4.74 Å². The third kappa shape index (κ3) is 3.26. The van der Waals surface area contributed by atoms with Gasteiger partial charge in [0, 0.05) is 37.4 Å². The molecular weight excluding hydrogens is 252 g/mol. The van der Waals surface area contributed by atoms with Crippen molar-refractivity contribution in [3.8, 4) is 5.75 Å². The van der Waals surface area contributed by atoms with Gasteiger partial charge < -0.3 is 14.8 Å². The molecule has 1 aromatic carbocycles. The van der Waals surface area contributed by atoms with Crippen LogP contribution in [0.15, 0.2) is 36.5 Å². The van der Waals surface area contributed by atoms with E-state index in [-0.39, 0.29) is 0 Å². The summed E-state index contributed by atoms with van der Waals surface area (Å²) in [6.45, 7) is 3.27. The molecule has 106 valence electrons. The predicted molar refractivity (Wildman–Crippen MR) is 79.1 cm³/mol. The maximum Gasteiger partial charge on any atom is 0.128 e. The van der Waals surface area contributed by atoms with Crippen LogP contribution < -0.4 is 10.1 Å². The van der Waals surface area contributed by atoms with Gasteiger partial charge in [-0.1, -0.05) is 6.07 Å². The third-order valence-corrected chi connectivity index (χ3v) is 3.62. The van der Waals surface area contributed by atoms with E-state index < -0.39 is 0 Å². The monoisotopic (exact) mass is 272 g/mol. The van der Waals surface area contributed by atoms with Crippen molar-refractivity contribution in [3.05, 3.63) is 36.5 Å². The summed E-state index contributed by atoms with van der Waals surface area (Å²) in [6.07, 6.45) is 4.00. The number of rotatable bonds is 5. The first-order chi connectivity index (χ1) is 9.93. The molecule has 1 aliphatic rings. The standard InChI is InChI=1S/C16H20N2O2/c1-4-15-14(3-2-8-18-15)16(5-1)20-12-9-17-13-6-10-19-11-7-13/h1-5,8,13,17H,6-7,9-12H2. The van der Waals surface area contributed by atoms with Gasteiger partial charge in [0.15, 0.2) is 0 Å². The zero-order valence-electron chi connectivity index (χ0n) is 11.5. The second-order valence-electron chi connectivity index (χ2n) is 5.02. The summed E-state index contributed by atoms with van der Waals surface area (Å²) >= 11 is 0. The second-order valence-corrected chi connectivity index (χ2v) is 5.02. The highest BCUT2D eigenvalue weighted by atomic mass is 16.5. The Kier molecular flexibility index (Phi) is 4.46. The highest BCUT2D eigenvalue weighted by Gasteiger charge is 2.12. The quantitative estimate of drug-likeness (QED) is 0.849. The average Bonchev–Trinajstić information content (AvgIpc) is 2.53. The number of ether oxygens (including phenoxy) is 2. The number of nitrogens with one attached hydrogen (secondary N) is 1. The van der Waals surface area contributed by atoms with Crippen LogP contribution in [0, 0.1) is 0 Å². The number of fused-ring (bicyclic) bond motifs is 1. The van der Waals surface area contributed by atoms with Crippen LogP contribution in [0.3, 0.4) is 0 Å². The molecule has 0 amide bonds. The molecule has 1 fully saturated rings. The Morgan fingerprint density at radius 1 is 1.20 bits per heavy atom. The number of hydrogen-bond donors (Lipinski definition) is 1. The van der Waals surface area contributed by atoms with E-state index in [0.717, 1.165) is 49.3 Å². The minimum atomic E-state index is 0.571. The van der Waals surface area contributed by atoms with Crippen LogP contribution in [0.4, 0.5) is 0 Å². The molecule has 2 aromatic rings. The van der Waals surface area contributed by atoms with Crippen molar-refractivity contribution >= 4 is 10.9 Å². The van der Waals surface area contributed by atoms with Gasteiger partial charge in [0.2, 0.25) is 0 Å². The number of aromatic nitrogens is 1. The lowest BCUT2D eigenvalue weighted by molar-refractivity contribution is 0.0770. The van der Waals surface area contributed by atoms with Gasteiger partial charge in [0.1, 0.15) is 12.4 Å². The SMILES string of the molecule is c1cc(OCCNC2CCOCC2)c2cccnc2c1. The van der Waals surface area contributed by atoms with Crippen molar-refractivity contribution in [1.29, 1.82) is 0 Å². The minimum Gasteiger partial charge on any atom is -0.492 e. The molecule has 1 saturated heterocycles. The highest BCUT2D eigenvalue weighted by molar-refractivity contribution is 5.84. The normalized spacial score (nSPS) is 16.4. The van der Waals surface area contributed by atoms with E-state index in [1.807, 2.05) is 30.3 Å². The first-order valence-electron chi connectivity index (χ1n) is 7.21. The van der Waals surface area contributed by atoms with E-state index in [0.29, 0.717) is 12.6 Å². The van der Waals surface area contributed by atoms with Gasteiger partial charge in [-0.3, -0.25) is 4.98 Å². The molecule has 0 unspecified atom stereocenters. The maximum absolute atomic E-state index is 5.88. The number of nitrogens with zero attached hydrogens (tertiary/aromatic N) is 1. The van der Waals surface area contributed by atoms with Crippen molar-refractivity contribution in [3.63, 3.8) is 0 Å². The molecule has 1 aromatic heterocycles. The Hall–Kier alpha value is -1.65. The van der Waals surface area contributed by atoms with Crippen molar-refractivity contribution in [2.45, 2.75) is 18.9 Å². The van der Waals surface area contributed by atoms with E-state index in [4.69, 9.17) is 9.47 Å². The van der Waals surface area contributed by atoms with Crippen LogP contribution in [0.5, 0.6) is 5.75 Å². The molecule has 2 heterocycles. The van der Waals surface area contributed by atoms with Crippen LogP contribution in [-0.4, -0.2) is 37.4 Å². The smallest absolute Gasteiger partial charge is 0.128 e. The van der Waals surface area contributed by atoms with E-state index in [1.54, 1.807) is 6.20 Å². The van der Waals surface area contributed by atoms with Crippen LogP contribution in [0.1, 0.15) is 12.8 Å². The fraction of sp³-hybridized carbons (Fsp3) is 0.438. The topological polar surface area (TPSA) is 43.4 Å². The molecule has 4 heteroatoms. The fourth-order valence-corrected chi connectivity index (χ4v) is 2.53. The van der Waals surface area contributed by atoms with Gasteiger partial charge >= 0.3 is 0 Å². The molecule has 0 bridgehead atoms. The molecule has 1 N–H and O–H groups in total. The van der Waals surface area contributed by atoms with Gasteiger partial charge in [-0.15, -0.1) is 0 Å². The lowest BCUT2D eigenvalue weighted by Gasteiger charge is -2.23. The molecule has 20 heavy (non-hydrogen) atoms. The summed E-state index contributed by atoms with van der Waals surface area (Å²) < 4.78 is 11.2. The largest absolute Gasteiger partial charge is 0.492 e. The summed E-state index contributed by atoms with van der Waals surface area (Å²) in [5.41, 5.74) is 0.974. The summed E-state index contributed by atoms with van der Waals surface area (Å²) in [5.74, 6) is 0.907. The lowest BCUT2D eigenvalue weighted by Crippen LogP contribution is -2.37. The van der Waals surface area contributed by atoms with Crippen molar-refractivity contribution < 1.29 is 9.47 Å². The predicted octanol–water partition coefficient (Wildman–Crippen LogP) is 2.38. The van der Waals surface area contributed by atoms with Crippen molar-refractivity contribution in [2.75, 3.05) is 26.4 Å². The summed E-state index contributed by atoms with van der Waals surface area (Å²) in [6, 6.07) is 10.5. The Morgan fingerprint density at radius 3 is 3.00 bits per heavy atom. The van der Waals surface area contributed by atoms with E-state index in [9.17, 15) is 0 Å². The Morgan fingerprint density at radius 2 is 2.10 bits per heavy atom. The average molecular weight is 272 g/mol. The van der Waals surface area contributed by atoms with Gasteiger partial charge in [0.05, 0.1) is 5.52 Å². The third-order valence-electron chi connectivity index (χ3n) is 3.62. The van der Waals surface area contributed by atoms with Crippen LogP contribution in [0.25, 0.3) is 10.9 Å². The van der Waals surface area contributed by atoms with E-state index >= 15 is 0 Å². The molecule has 0 radical (unpaired) electrons. The Balaban J connectivity index is 1.52.